The number of nitrogens with zero attached hydrogens (tertiary/aromatic N) is 2. The number of aliphatic hydroxyl groups is 1. The Morgan fingerprint density at radius 3 is 2.74 bits per heavy atom. The Labute approximate surface area is 112 Å². The molecule has 1 aliphatic rings. The molecule has 0 aromatic rings. The van der Waals surface area contributed by atoms with Crippen molar-refractivity contribution in [2.24, 2.45) is 0 Å². The highest BCUT2D eigenvalue weighted by atomic mass is 16.5. The highest BCUT2D eigenvalue weighted by Gasteiger charge is 2.30. The lowest BCUT2D eigenvalue weighted by Gasteiger charge is -2.35. The van der Waals surface area contributed by atoms with Crippen molar-refractivity contribution in [3.8, 4) is 0 Å². The van der Waals surface area contributed by atoms with E-state index in [1.165, 1.54) is 4.90 Å². The third-order valence-corrected chi connectivity index (χ3v) is 3.03. The molecule has 0 radical (unpaired) electrons. The number of urea groups is 1. The van der Waals surface area contributed by atoms with Crippen LogP contribution in [0.25, 0.3) is 0 Å². The van der Waals surface area contributed by atoms with Gasteiger partial charge in [0.25, 0.3) is 0 Å². The standard InChI is InChI=1S/C12H22N2O5/c1-2-3-4-13(5-7-15)12(18)14-6-8-19-10(9-14)11(16)17/h10,15H,2-9H2,1H3,(H,16,17). The molecule has 7 nitrogen and oxygen atoms in total. The van der Waals surface area contributed by atoms with Crippen LogP contribution in [0.1, 0.15) is 19.8 Å². The number of carbonyl (C=O) groups is 2. The first kappa shape index (κ1) is 15.7. The summed E-state index contributed by atoms with van der Waals surface area (Å²) in [5, 5.41) is 17.9. The molecule has 2 amide bonds. The Kier molecular flexibility index (Phi) is 6.58. The van der Waals surface area contributed by atoms with E-state index in [0.717, 1.165) is 12.8 Å². The van der Waals surface area contributed by atoms with E-state index in [2.05, 4.69) is 0 Å². The normalized spacial score (nSPS) is 19.3. The maximum Gasteiger partial charge on any atom is 0.334 e. The van der Waals surface area contributed by atoms with E-state index in [9.17, 15) is 9.59 Å². The smallest absolute Gasteiger partial charge is 0.334 e. The number of unbranched alkanes of at least 4 members (excludes halogenated alkanes) is 1. The monoisotopic (exact) mass is 274 g/mol. The van der Waals surface area contributed by atoms with Crippen molar-refractivity contribution >= 4 is 12.0 Å². The van der Waals surface area contributed by atoms with Crippen LogP contribution >= 0.6 is 0 Å². The number of hydrogen-bond donors (Lipinski definition) is 2. The van der Waals surface area contributed by atoms with Crippen molar-refractivity contribution in [1.82, 2.24) is 9.80 Å². The molecule has 0 aromatic heterocycles. The molecular weight excluding hydrogens is 252 g/mol. The highest BCUT2D eigenvalue weighted by molar-refractivity contribution is 5.77. The van der Waals surface area contributed by atoms with Gasteiger partial charge in [0.1, 0.15) is 0 Å². The van der Waals surface area contributed by atoms with Gasteiger partial charge in [-0.3, -0.25) is 0 Å². The molecule has 110 valence electrons. The third-order valence-electron chi connectivity index (χ3n) is 3.03. The molecule has 0 aromatic carbocycles. The zero-order valence-corrected chi connectivity index (χ0v) is 11.2. The molecule has 7 heteroatoms. The van der Waals surface area contributed by atoms with Crippen LogP contribution in [0.3, 0.4) is 0 Å². The lowest BCUT2D eigenvalue weighted by Crippen LogP contribution is -2.53. The largest absolute Gasteiger partial charge is 0.479 e. The molecule has 0 saturated carbocycles. The van der Waals surface area contributed by atoms with Gasteiger partial charge < -0.3 is 24.7 Å². The van der Waals surface area contributed by atoms with Crippen LogP contribution in [0.2, 0.25) is 0 Å². The van der Waals surface area contributed by atoms with Crippen LogP contribution in [0.15, 0.2) is 0 Å². The Morgan fingerprint density at radius 1 is 1.42 bits per heavy atom. The second kappa shape index (κ2) is 7.96. The number of carbonyl (C=O) groups excluding carboxylic acids is 1. The van der Waals surface area contributed by atoms with Crippen molar-refractivity contribution in [1.29, 1.82) is 0 Å². The van der Waals surface area contributed by atoms with Crippen LogP contribution < -0.4 is 0 Å². The molecule has 1 unspecified atom stereocenters. The maximum absolute atomic E-state index is 12.3. The molecule has 1 heterocycles. The van der Waals surface area contributed by atoms with Crippen LogP contribution in [-0.2, 0) is 9.53 Å². The fourth-order valence-corrected chi connectivity index (χ4v) is 1.95. The number of rotatable bonds is 6. The molecule has 0 spiro atoms. The first-order valence-electron chi connectivity index (χ1n) is 6.59. The molecule has 19 heavy (non-hydrogen) atoms. The van der Waals surface area contributed by atoms with E-state index >= 15 is 0 Å². The Bertz CT molecular complexity index is 310. The second-order valence-electron chi connectivity index (χ2n) is 4.49. The van der Waals surface area contributed by atoms with Gasteiger partial charge in [-0.25, -0.2) is 9.59 Å². The van der Waals surface area contributed by atoms with Gasteiger partial charge in [0, 0.05) is 19.6 Å². The fraction of sp³-hybridized carbons (Fsp3) is 0.833. The number of aliphatic hydroxyl groups excluding tert-OH is 1. The zero-order valence-electron chi connectivity index (χ0n) is 11.2. The number of morpholine rings is 1. The quantitative estimate of drug-likeness (QED) is 0.710. The van der Waals surface area contributed by atoms with E-state index in [4.69, 9.17) is 14.9 Å². The molecule has 1 fully saturated rings. The second-order valence-corrected chi connectivity index (χ2v) is 4.49. The van der Waals surface area contributed by atoms with Gasteiger partial charge in [0.05, 0.1) is 19.8 Å². The van der Waals surface area contributed by atoms with E-state index in [-0.39, 0.29) is 32.3 Å². The van der Waals surface area contributed by atoms with Crippen molar-refractivity contribution in [3.05, 3.63) is 0 Å². The summed E-state index contributed by atoms with van der Waals surface area (Å²) in [5.74, 6) is -1.06. The van der Waals surface area contributed by atoms with Crippen LogP contribution in [0, 0.1) is 0 Å². The van der Waals surface area contributed by atoms with Crippen LogP contribution in [-0.4, -0.2) is 77.5 Å². The molecule has 1 saturated heterocycles. The number of carboxylic acids is 1. The highest BCUT2D eigenvalue weighted by Crippen LogP contribution is 2.09. The summed E-state index contributed by atoms with van der Waals surface area (Å²) in [5.41, 5.74) is 0. The summed E-state index contributed by atoms with van der Waals surface area (Å²) in [6, 6.07) is -0.225. The van der Waals surface area contributed by atoms with Gasteiger partial charge in [0.15, 0.2) is 6.10 Å². The molecule has 0 bridgehead atoms. The molecule has 2 N–H and O–H groups in total. The summed E-state index contributed by atoms with van der Waals surface area (Å²) in [4.78, 5) is 26.2. The van der Waals surface area contributed by atoms with Crippen molar-refractivity contribution in [2.45, 2.75) is 25.9 Å². The minimum absolute atomic E-state index is 0.0578. The summed E-state index contributed by atoms with van der Waals surface area (Å²) < 4.78 is 5.08. The molecule has 1 aliphatic heterocycles. The average Bonchev–Trinajstić information content (AvgIpc) is 2.42. The summed E-state index contributed by atoms with van der Waals surface area (Å²) in [7, 11) is 0. The third kappa shape index (κ3) is 4.68. The van der Waals surface area contributed by atoms with Gasteiger partial charge in [-0.2, -0.15) is 0 Å². The summed E-state index contributed by atoms with van der Waals surface area (Å²) >= 11 is 0. The predicted octanol–water partition coefficient (Wildman–Crippen LogP) is -0.0138. The SMILES string of the molecule is CCCCN(CCO)C(=O)N1CCOC(C(=O)O)C1. The number of hydrogen-bond acceptors (Lipinski definition) is 4. The Morgan fingerprint density at radius 2 is 2.16 bits per heavy atom. The minimum atomic E-state index is -1.06. The van der Waals surface area contributed by atoms with E-state index in [0.29, 0.717) is 13.1 Å². The number of ether oxygens (including phenoxy) is 1. The molecule has 0 aliphatic carbocycles. The lowest BCUT2D eigenvalue weighted by atomic mass is 10.2. The van der Waals surface area contributed by atoms with Crippen molar-refractivity contribution in [3.63, 3.8) is 0 Å². The number of aliphatic carboxylic acids is 1. The van der Waals surface area contributed by atoms with Crippen LogP contribution in [0.5, 0.6) is 0 Å². The first-order valence-corrected chi connectivity index (χ1v) is 6.59. The molecule has 1 atom stereocenters. The minimum Gasteiger partial charge on any atom is -0.479 e. The molecule has 1 rings (SSSR count). The van der Waals surface area contributed by atoms with Gasteiger partial charge in [-0.15, -0.1) is 0 Å². The lowest BCUT2D eigenvalue weighted by molar-refractivity contribution is -0.154. The van der Waals surface area contributed by atoms with Gasteiger partial charge in [0.2, 0.25) is 0 Å². The summed E-state index contributed by atoms with van der Waals surface area (Å²) in [6.45, 7) is 3.44. The maximum atomic E-state index is 12.3. The Hall–Kier alpha value is -1.34. The van der Waals surface area contributed by atoms with Crippen molar-refractivity contribution in [2.75, 3.05) is 39.4 Å². The summed E-state index contributed by atoms with van der Waals surface area (Å²) in [6.07, 6.45) is 0.856. The topological polar surface area (TPSA) is 90.3 Å². The van der Waals surface area contributed by atoms with E-state index in [1.54, 1.807) is 4.90 Å². The zero-order chi connectivity index (χ0) is 14.3. The predicted molar refractivity (Wildman–Crippen MR) is 67.9 cm³/mol. The van der Waals surface area contributed by atoms with Gasteiger partial charge in [-0.05, 0) is 6.42 Å². The van der Waals surface area contributed by atoms with E-state index < -0.39 is 12.1 Å². The van der Waals surface area contributed by atoms with Gasteiger partial charge in [-0.1, -0.05) is 13.3 Å². The average molecular weight is 274 g/mol. The van der Waals surface area contributed by atoms with E-state index in [1.807, 2.05) is 6.92 Å². The van der Waals surface area contributed by atoms with Crippen LogP contribution in [0.4, 0.5) is 4.79 Å². The number of amides is 2. The first-order chi connectivity index (χ1) is 9.10. The van der Waals surface area contributed by atoms with Gasteiger partial charge >= 0.3 is 12.0 Å². The number of carboxylic acid groups (broad SMARTS) is 1. The fourth-order valence-electron chi connectivity index (χ4n) is 1.95. The van der Waals surface area contributed by atoms with Crippen molar-refractivity contribution < 1.29 is 24.5 Å². The Balaban J connectivity index is 2.59. The molecular formula is C12H22N2O5.